The van der Waals surface area contributed by atoms with Gasteiger partial charge in [-0.1, -0.05) is 17.8 Å². The van der Waals surface area contributed by atoms with Crippen molar-refractivity contribution in [2.24, 2.45) is 7.05 Å². The molecule has 1 atom stereocenters. The molecule has 11 heteroatoms. The third kappa shape index (κ3) is 6.82. The van der Waals surface area contributed by atoms with E-state index in [0.29, 0.717) is 33.5 Å². The van der Waals surface area contributed by atoms with Crippen LogP contribution in [0.1, 0.15) is 46.4 Å². The molecule has 2 N–H and O–H groups in total. The summed E-state index contributed by atoms with van der Waals surface area (Å²) in [6.07, 6.45) is 0. The van der Waals surface area contributed by atoms with Gasteiger partial charge in [-0.25, -0.2) is 4.79 Å². The summed E-state index contributed by atoms with van der Waals surface area (Å²) in [5.41, 5.74) is 1.36. The van der Waals surface area contributed by atoms with E-state index in [1.807, 2.05) is 6.92 Å². The van der Waals surface area contributed by atoms with Gasteiger partial charge >= 0.3 is 5.97 Å². The van der Waals surface area contributed by atoms with Gasteiger partial charge in [-0.2, -0.15) is 0 Å². The summed E-state index contributed by atoms with van der Waals surface area (Å²) in [5.74, 6) is 0.348. The van der Waals surface area contributed by atoms with Crippen molar-refractivity contribution in [3.05, 3.63) is 65.5 Å². The third-order valence-electron chi connectivity index (χ3n) is 4.95. The first-order chi connectivity index (χ1) is 16.8. The first-order valence-electron chi connectivity index (χ1n) is 10.9. The fraction of sp³-hybridized carbons (Fsp3) is 0.292. The van der Waals surface area contributed by atoms with E-state index in [1.54, 1.807) is 74.2 Å². The zero-order valence-corrected chi connectivity index (χ0v) is 20.7. The maximum Gasteiger partial charge on any atom is 0.338 e. The molecule has 1 aromatic heterocycles. The summed E-state index contributed by atoms with van der Waals surface area (Å²) < 4.78 is 11.8. The van der Waals surface area contributed by atoms with Crippen LogP contribution in [0.3, 0.4) is 0 Å². The van der Waals surface area contributed by atoms with Crippen molar-refractivity contribution in [2.45, 2.75) is 25.0 Å². The summed E-state index contributed by atoms with van der Waals surface area (Å²) in [5, 5.41) is 14.5. The van der Waals surface area contributed by atoms with E-state index in [1.165, 1.54) is 11.8 Å². The molecule has 0 aliphatic rings. The molecule has 10 nitrogen and oxygen atoms in total. The fourth-order valence-corrected chi connectivity index (χ4v) is 3.90. The highest BCUT2D eigenvalue weighted by Crippen LogP contribution is 2.20. The number of nitrogens with one attached hydrogen (secondary N) is 2. The Labute approximate surface area is 207 Å². The number of nitrogens with zero attached hydrogens (tertiary/aromatic N) is 3. The van der Waals surface area contributed by atoms with Crippen molar-refractivity contribution >= 4 is 35.2 Å². The number of thioether (sulfide) groups is 1. The second-order valence-corrected chi connectivity index (χ2v) is 8.40. The second-order valence-electron chi connectivity index (χ2n) is 7.46. The molecular formula is C24H27N5O5S. The Kier molecular flexibility index (Phi) is 8.85. The number of amides is 2. The van der Waals surface area contributed by atoms with E-state index in [2.05, 4.69) is 20.8 Å². The fourth-order valence-electron chi connectivity index (χ4n) is 3.18. The molecule has 3 rings (SSSR count). The SMILES string of the molecule is CCOC(=O)c1cccc(NC(=O)CSc2nnc([C@H](C)NC(=O)c3ccc(OC)cc3)n2C)c1. The number of ether oxygens (including phenoxy) is 2. The van der Waals surface area contributed by atoms with Crippen LogP contribution in [0.25, 0.3) is 0 Å². The van der Waals surface area contributed by atoms with Crippen LogP contribution in [-0.4, -0.2) is 52.0 Å². The lowest BCUT2D eigenvalue weighted by Gasteiger charge is -2.14. The Bertz CT molecular complexity index is 1200. The lowest BCUT2D eigenvalue weighted by molar-refractivity contribution is -0.113. The summed E-state index contributed by atoms with van der Waals surface area (Å²) in [7, 11) is 3.34. The van der Waals surface area contributed by atoms with Gasteiger partial charge in [0.15, 0.2) is 11.0 Å². The van der Waals surface area contributed by atoms with Crippen molar-refractivity contribution in [1.82, 2.24) is 20.1 Å². The van der Waals surface area contributed by atoms with Crippen molar-refractivity contribution in [3.8, 4) is 5.75 Å². The van der Waals surface area contributed by atoms with Crippen LogP contribution in [0, 0.1) is 0 Å². The highest BCUT2D eigenvalue weighted by molar-refractivity contribution is 7.99. The molecule has 2 aromatic carbocycles. The Hall–Kier alpha value is -3.86. The van der Waals surface area contributed by atoms with Gasteiger partial charge in [-0.05, 0) is 56.3 Å². The van der Waals surface area contributed by atoms with Crippen molar-refractivity contribution in [1.29, 1.82) is 0 Å². The standard InChI is InChI=1S/C24H27N5O5S/c1-5-34-23(32)17-7-6-8-18(13-17)26-20(30)14-35-24-28-27-21(29(24)3)15(2)25-22(31)16-9-11-19(33-4)12-10-16/h6-13,15H,5,14H2,1-4H3,(H,25,31)(H,26,30)/t15-/m0/s1. The first kappa shape index (κ1) is 25.8. The number of methoxy groups -OCH3 is 1. The van der Waals surface area contributed by atoms with Gasteiger partial charge in [0, 0.05) is 18.3 Å². The zero-order valence-electron chi connectivity index (χ0n) is 19.9. The minimum absolute atomic E-state index is 0.0855. The van der Waals surface area contributed by atoms with Gasteiger partial charge in [0.05, 0.1) is 31.1 Å². The van der Waals surface area contributed by atoms with Gasteiger partial charge in [0.1, 0.15) is 5.75 Å². The zero-order chi connectivity index (χ0) is 25.4. The number of anilines is 1. The monoisotopic (exact) mass is 497 g/mol. The Balaban J connectivity index is 1.56. The lowest BCUT2D eigenvalue weighted by atomic mass is 10.2. The number of carbonyl (C=O) groups is 3. The average molecular weight is 498 g/mol. The van der Waals surface area contributed by atoms with Crippen molar-refractivity contribution < 1.29 is 23.9 Å². The molecule has 0 saturated heterocycles. The smallest absolute Gasteiger partial charge is 0.338 e. The summed E-state index contributed by atoms with van der Waals surface area (Å²) >= 11 is 1.21. The number of hydrogen-bond acceptors (Lipinski definition) is 8. The van der Waals surface area contributed by atoms with E-state index >= 15 is 0 Å². The second kappa shape index (κ2) is 12.0. The molecule has 35 heavy (non-hydrogen) atoms. The Morgan fingerprint density at radius 3 is 2.51 bits per heavy atom. The summed E-state index contributed by atoms with van der Waals surface area (Å²) in [6.45, 7) is 3.81. The predicted molar refractivity (Wildman–Crippen MR) is 132 cm³/mol. The molecule has 0 aliphatic carbocycles. The van der Waals surface area contributed by atoms with Crippen molar-refractivity contribution in [2.75, 3.05) is 24.8 Å². The number of carbonyl (C=O) groups excluding carboxylic acids is 3. The van der Waals surface area contributed by atoms with Crippen LogP contribution in [-0.2, 0) is 16.6 Å². The Morgan fingerprint density at radius 2 is 1.83 bits per heavy atom. The molecule has 0 saturated carbocycles. The number of esters is 1. The molecule has 2 amide bonds. The lowest BCUT2D eigenvalue weighted by Crippen LogP contribution is -2.28. The van der Waals surface area contributed by atoms with Gasteiger partial charge in [0.25, 0.3) is 5.91 Å². The normalized spacial score (nSPS) is 11.4. The Morgan fingerprint density at radius 1 is 1.09 bits per heavy atom. The number of hydrogen-bond donors (Lipinski definition) is 2. The number of aromatic nitrogens is 3. The van der Waals surface area contributed by atoms with E-state index in [-0.39, 0.29) is 24.2 Å². The maximum absolute atomic E-state index is 12.5. The largest absolute Gasteiger partial charge is 0.497 e. The minimum atomic E-state index is -0.446. The molecular weight excluding hydrogens is 470 g/mol. The molecule has 0 unspecified atom stereocenters. The van der Waals surface area contributed by atoms with Gasteiger partial charge in [0.2, 0.25) is 5.91 Å². The summed E-state index contributed by atoms with van der Waals surface area (Å²) in [6, 6.07) is 12.9. The average Bonchev–Trinajstić information content (AvgIpc) is 3.23. The molecule has 0 bridgehead atoms. The minimum Gasteiger partial charge on any atom is -0.497 e. The first-order valence-corrected chi connectivity index (χ1v) is 11.8. The van der Waals surface area contributed by atoms with Crippen LogP contribution in [0.5, 0.6) is 5.75 Å². The van der Waals surface area contributed by atoms with Crippen LogP contribution in [0.4, 0.5) is 5.69 Å². The van der Waals surface area contributed by atoms with E-state index < -0.39 is 12.0 Å². The summed E-state index contributed by atoms with van der Waals surface area (Å²) in [4.78, 5) is 36.8. The van der Waals surface area contributed by atoms with Crippen molar-refractivity contribution in [3.63, 3.8) is 0 Å². The molecule has 0 spiro atoms. The van der Waals surface area contributed by atoms with Gasteiger partial charge < -0.3 is 24.7 Å². The van der Waals surface area contributed by atoms with Gasteiger partial charge in [-0.3, -0.25) is 9.59 Å². The van der Waals surface area contributed by atoms with E-state index in [0.717, 1.165) is 0 Å². The molecule has 0 radical (unpaired) electrons. The van der Waals surface area contributed by atoms with Crippen LogP contribution in [0.2, 0.25) is 0 Å². The molecule has 0 aliphatic heterocycles. The van der Waals surface area contributed by atoms with Gasteiger partial charge in [-0.15, -0.1) is 10.2 Å². The quantitative estimate of drug-likeness (QED) is 0.323. The van der Waals surface area contributed by atoms with Crippen LogP contribution < -0.4 is 15.4 Å². The number of rotatable bonds is 10. The third-order valence-corrected chi connectivity index (χ3v) is 5.97. The highest BCUT2D eigenvalue weighted by atomic mass is 32.2. The molecule has 3 aromatic rings. The van der Waals surface area contributed by atoms with E-state index in [9.17, 15) is 14.4 Å². The topological polar surface area (TPSA) is 124 Å². The van der Waals surface area contributed by atoms with E-state index in [4.69, 9.17) is 9.47 Å². The predicted octanol–water partition coefficient (Wildman–Crippen LogP) is 3.22. The van der Waals surface area contributed by atoms with Crippen LogP contribution in [0.15, 0.2) is 53.7 Å². The number of benzene rings is 2. The molecule has 1 heterocycles. The molecule has 0 fully saturated rings. The van der Waals surface area contributed by atoms with Crippen LogP contribution >= 0.6 is 11.8 Å². The molecule has 184 valence electrons. The maximum atomic E-state index is 12.5. The highest BCUT2D eigenvalue weighted by Gasteiger charge is 2.19.